The van der Waals surface area contributed by atoms with E-state index in [4.69, 9.17) is 9.47 Å². The number of ether oxygens (including phenoxy) is 2. The molecule has 1 aliphatic carbocycles. The molecule has 25 heavy (non-hydrogen) atoms. The molecule has 1 saturated carbocycles. The van der Waals surface area contributed by atoms with Crippen molar-refractivity contribution < 1.29 is 14.3 Å². The van der Waals surface area contributed by atoms with Crippen LogP contribution in [0.2, 0.25) is 0 Å². The van der Waals surface area contributed by atoms with Crippen LogP contribution in [0.15, 0.2) is 18.2 Å². The van der Waals surface area contributed by atoms with Crippen molar-refractivity contribution in [3.63, 3.8) is 0 Å². The van der Waals surface area contributed by atoms with E-state index < -0.39 is 0 Å². The lowest BCUT2D eigenvalue weighted by atomic mass is 9.86. The molecule has 2 N–H and O–H groups in total. The number of piperidine rings is 1. The van der Waals surface area contributed by atoms with Crippen LogP contribution in [0.3, 0.4) is 0 Å². The second-order valence-corrected chi connectivity index (χ2v) is 7.16. The lowest BCUT2D eigenvalue weighted by molar-refractivity contribution is -0.127. The number of hydrogen-bond acceptors (Lipinski definition) is 4. The number of carbonyl (C=O) groups excluding carboxylic acids is 1. The van der Waals surface area contributed by atoms with Crippen LogP contribution in [-0.4, -0.2) is 32.2 Å². The van der Waals surface area contributed by atoms with Gasteiger partial charge in [-0.05, 0) is 56.5 Å². The molecule has 6 heteroatoms. The third kappa shape index (κ3) is 3.72. The largest absolute Gasteiger partial charge is 0.486 e. The quantitative estimate of drug-likeness (QED) is 0.863. The van der Waals surface area contributed by atoms with Gasteiger partial charge in [-0.25, -0.2) is 0 Å². The Morgan fingerprint density at radius 1 is 1.08 bits per heavy atom. The van der Waals surface area contributed by atoms with E-state index in [9.17, 15) is 4.79 Å². The minimum atomic E-state index is -0.238. The Bertz CT molecular complexity index is 611. The van der Waals surface area contributed by atoms with Crippen LogP contribution < -0.4 is 20.1 Å². The molecule has 1 saturated heterocycles. The van der Waals surface area contributed by atoms with Crippen LogP contribution in [-0.2, 0) is 10.3 Å². The van der Waals surface area contributed by atoms with Crippen molar-refractivity contribution in [3.05, 3.63) is 23.8 Å². The number of halogens is 1. The van der Waals surface area contributed by atoms with Crippen LogP contribution in [0.1, 0.15) is 44.1 Å². The maximum Gasteiger partial charge on any atom is 0.223 e. The lowest BCUT2D eigenvalue weighted by Gasteiger charge is -2.34. The highest BCUT2D eigenvalue weighted by molar-refractivity contribution is 5.85. The van der Waals surface area contributed by atoms with E-state index in [-0.39, 0.29) is 29.8 Å². The Hall–Kier alpha value is -1.46. The van der Waals surface area contributed by atoms with Gasteiger partial charge in [-0.1, -0.05) is 18.9 Å². The molecule has 2 heterocycles. The van der Waals surface area contributed by atoms with Crippen LogP contribution in [0.5, 0.6) is 11.5 Å². The standard InChI is InChI=1S/C19H26N2O3.ClH/c22-18(14-5-9-20-10-6-14)21-19(7-1-2-8-19)15-3-4-16-17(13-15)24-12-11-23-16;/h3-4,13-14,20H,1-2,5-12H2,(H,21,22);1H. The van der Waals surface area contributed by atoms with Crippen molar-refractivity contribution in [3.8, 4) is 11.5 Å². The van der Waals surface area contributed by atoms with Gasteiger partial charge in [-0.15, -0.1) is 12.4 Å². The third-order valence-corrected chi connectivity index (χ3v) is 5.62. The first-order valence-corrected chi connectivity index (χ1v) is 9.20. The van der Waals surface area contributed by atoms with Crippen LogP contribution >= 0.6 is 12.4 Å². The van der Waals surface area contributed by atoms with Crippen molar-refractivity contribution in [2.24, 2.45) is 5.92 Å². The first-order valence-electron chi connectivity index (χ1n) is 9.20. The molecular formula is C19H27ClN2O3. The van der Waals surface area contributed by atoms with E-state index >= 15 is 0 Å². The third-order valence-electron chi connectivity index (χ3n) is 5.62. The maximum absolute atomic E-state index is 12.8. The molecule has 0 bridgehead atoms. The smallest absolute Gasteiger partial charge is 0.223 e. The number of hydrogen-bond donors (Lipinski definition) is 2. The molecule has 0 unspecified atom stereocenters. The minimum Gasteiger partial charge on any atom is -0.486 e. The fraction of sp³-hybridized carbons (Fsp3) is 0.632. The van der Waals surface area contributed by atoms with Gasteiger partial charge in [-0.3, -0.25) is 4.79 Å². The summed E-state index contributed by atoms with van der Waals surface area (Å²) in [6, 6.07) is 6.16. The fourth-order valence-electron chi connectivity index (χ4n) is 4.23. The highest BCUT2D eigenvalue weighted by Crippen LogP contribution is 2.42. The van der Waals surface area contributed by atoms with E-state index in [1.807, 2.05) is 6.07 Å². The fourth-order valence-corrected chi connectivity index (χ4v) is 4.23. The predicted octanol–water partition coefficient (Wildman–Crippen LogP) is 2.76. The van der Waals surface area contributed by atoms with Gasteiger partial charge in [-0.2, -0.15) is 0 Å². The highest BCUT2D eigenvalue weighted by atomic mass is 35.5. The monoisotopic (exact) mass is 366 g/mol. The normalized spacial score (nSPS) is 22.1. The second kappa shape index (κ2) is 7.83. The van der Waals surface area contributed by atoms with Crippen molar-refractivity contribution in [2.75, 3.05) is 26.3 Å². The van der Waals surface area contributed by atoms with Gasteiger partial charge in [0.25, 0.3) is 0 Å². The molecule has 4 rings (SSSR count). The summed E-state index contributed by atoms with van der Waals surface area (Å²) < 4.78 is 11.4. The summed E-state index contributed by atoms with van der Waals surface area (Å²) in [5.74, 6) is 1.97. The summed E-state index contributed by atoms with van der Waals surface area (Å²) >= 11 is 0. The van der Waals surface area contributed by atoms with E-state index in [1.54, 1.807) is 0 Å². The average molecular weight is 367 g/mol. The number of nitrogens with one attached hydrogen (secondary N) is 2. The summed E-state index contributed by atoms with van der Waals surface area (Å²) in [5.41, 5.74) is 0.921. The Labute approximate surface area is 155 Å². The molecule has 0 radical (unpaired) electrons. The molecule has 1 aromatic carbocycles. The molecule has 2 fully saturated rings. The zero-order chi connectivity index (χ0) is 16.4. The Balaban J connectivity index is 0.00000182. The summed E-state index contributed by atoms with van der Waals surface area (Å²) in [6.45, 7) is 3.07. The number of fused-ring (bicyclic) bond motifs is 1. The zero-order valence-electron chi connectivity index (χ0n) is 14.5. The second-order valence-electron chi connectivity index (χ2n) is 7.16. The van der Waals surface area contributed by atoms with Gasteiger partial charge < -0.3 is 20.1 Å². The molecule has 1 amide bonds. The van der Waals surface area contributed by atoms with Gasteiger partial charge in [0.2, 0.25) is 5.91 Å². The molecule has 0 spiro atoms. The van der Waals surface area contributed by atoms with Crippen LogP contribution in [0.4, 0.5) is 0 Å². The minimum absolute atomic E-state index is 0. The van der Waals surface area contributed by atoms with Crippen molar-refractivity contribution >= 4 is 18.3 Å². The Kier molecular flexibility index (Phi) is 5.74. The van der Waals surface area contributed by atoms with Gasteiger partial charge in [0.1, 0.15) is 13.2 Å². The highest BCUT2D eigenvalue weighted by Gasteiger charge is 2.39. The van der Waals surface area contributed by atoms with E-state index in [0.29, 0.717) is 13.2 Å². The molecule has 5 nitrogen and oxygen atoms in total. The SMILES string of the molecule is Cl.O=C(NC1(c2ccc3c(c2)OCCO3)CCCC1)C1CCNCC1. The molecule has 1 aromatic rings. The first kappa shape index (κ1) is 18.3. The molecule has 2 aliphatic heterocycles. The zero-order valence-corrected chi connectivity index (χ0v) is 15.3. The summed E-state index contributed by atoms with van der Waals surface area (Å²) in [5, 5.41) is 6.75. The lowest BCUT2D eigenvalue weighted by Crippen LogP contribution is -2.48. The summed E-state index contributed by atoms with van der Waals surface area (Å²) in [7, 11) is 0. The predicted molar refractivity (Wildman–Crippen MR) is 98.6 cm³/mol. The van der Waals surface area contributed by atoms with Gasteiger partial charge >= 0.3 is 0 Å². The van der Waals surface area contributed by atoms with Crippen molar-refractivity contribution in [2.45, 2.75) is 44.1 Å². The van der Waals surface area contributed by atoms with Gasteiger partial charge in [0.15, 0.2) is 11.5 Å². The topological polar surface area (TPSA) is 59.6 Å². The molecule has 0 atom stereocenters. The number of amides is 1. The van der Waals surface area contributed by atoms with E-state index in [0.717, 1.165) is 68.7 Å². The van der Waals surface area contributed by atoms with Gasteiger partial charge in [0.05, 0.1) is 5.54 Å². The number of benzene rings is 1. The molecule has 138 valence electrons. The molecular weight excluding hydrogens is 340 g/mol. The average Bonchev–Trinajstić information content (AvgIpc) is 3.11. The number of rotatable bonds is 3. The van der Waals surface area contributed by atoms with Gasteiger partial charge in [0, 0.05) is 5.92 Å². The summed E-state index contributed by atoms with van der Waals surface area (Å²) in [4.78, 5) is 12.8. The molecule has 0 aromatic heterocycles. The summed E-state index contributed by atoms with van der Waals surface area (Å²) in [6.07, 6.45) is 6.18. The Morgan fingerprint density at radius 3 is 2.48 bits per heavy atom. The first-order chi connectivity index (χ1) is 11.8. The van der Waals surface area contributed by atoms with Crippen LogP contribution in [0.25, 0.3) is 0 Å². The number of carbonyl (C=O) groups is 1. The molecule has 3 aliphatic rings. The Morgan fingerprint density at radius 2 is 1.76 bits per heavy atom. The van der Waals surface area contributed by atoms with Crippen molar-refractivity contribution in [1.29, 1.82) is 0 Å². The van der Waals surface area contributed by atoms with E-state index in [1.165, 1.54) is 0 Å². The van der Waals surface area contributed by atoms with Crippen molar-refractivity contribution in [1.82, 2.24) is 10.6 Å². The van der Waals surface area contributed by atoms with E-state index in [2.05, 4.69) is 22.8 Å². The van der Waals surface area contributed by atoms with Crippen LogP contribution in [0, 0.1) is 5.92 Å². The maximum atomic E-state index is 12.8.